The van der Waals surface area contributed by atoms with E-state index < -0.39 is 6.09 Å². The van der Waals surface area contributed by atoms with Crippen LogP contribution in [0.1, 0.15) is 12.8 Å². The van der Waals surface area contributed by atoms with Crippen molar-refractivity contribution in [2.45, 2.75) is 12.8 Å². The highest BCUT2D eigenvalue weighted by Gasteiger charge is 2.03. The van der Waals surface area contributed by atoms with E-state index in [2.05, 4.69) is 17.2 Å². The van der Waals surface area contributed by atoms with E-state index in [4.69, 9.17) is 9.47 Å². The van der Waals surface area contributed by atoms with Crippen LogP contribution in [0.25, 0.3) is 0 Å². The number of hydrogen-bond acceptors (Lipinski definition) is 4. The number of hydrogen-bond donors (Lipinski definition) is 2. The molecule has 0 saturated carbocycles. The summed E-state index contributed by atoms with van der Waals surface area (Å²) in [4.78, 5) is 11.5. The fourth-order valence-corrected chi connectivity index (χ4v) is 1.56. The Hall–Kier alpha value is -2.01. The fraction of sp³-hybridized carbons (Fsp3) is 0.400. The molecule has 1 aromatic rings. The summed E-state index contributed by atoms with van der Waals surface area (Å²) >= 11 is 0. The number of rotatable bonds is 9. The molecule has 0 spiro atoms. The van der Waals surface area contributed by atoms with Crippen LogP contribution in [0.15, 0.2) is 36.9 Å². The minimum Gasteiger partial charge on any atom is -0.447 e. The molecule has 0 fully saturated rings. The second-order valence-electron chi connectivity index (χ2n) is 4.19. The molecule has 0 aliphatic carbocycles. The van der Waals surface area contributed by atoms with Crippen molar-refractivity contribution in [3.05, 3.63) is 36.9 Å². The molecule has 0 unspecified atom stereocenters. The zero-order chi connectivity index (χ0) is 14.6. The van der Waals surface area contributed by atoms with E-state index in [1.165, 1.54) is 0 Å². The zero-order valence-electron chi connectivity index (χ0n) is 11.9. The van der Waals surface area contributed by atoms with Crippen LogP contribution in [-0.4, -0.2) is 33.0 Å². The van der Waals surface area contributed by atoms with Crippen LogP contribution in [0.5, 0.6) is 0 Å². The van der Waals surface area contributed by atoms with Gasteiger partial charge in [-0.1, -0.05) is 12.1 Å². The van der Waals surface area contributed by atoms with E-state index in [-0.39, 0.29) is 6.61 Å². The Balaban J connectivity index is 2.38. The predicted octanol–water partition coefficient (Wildman–Crippen LogP) is 3.26. The molecule has 0 atom stereocenters. The lowest BCUT2D eigenvalue weighted by molar-refractivity contribution is 0.107. The van der Waals surface area contributed by atoms with Crippen molar-refractivity contribution in [3.63, 3.8) is 0 Å². The van der Waals surface area contributed by atoms with E-state index in [9.17, 15) is 4.79 Å². The van der Waals surface area contributed by atoms with Crippen molar-refractivity contribution in [1.29, 1.82) is 0 Å². The third-order valence-electron chi connectivity index (χ3n) is 2.54. The van der Waals surface area contributed by atoms with Crippen LogP contribution in [-0.2, 0) is 9.47 Å². The number of benzene rings is 1. The van der Waals surface area contributed by atoms with Crippen LogP contribution in [0, 0.1) is 0 Å². The van der Waals surface area contributed by atoms with Crippen LogP contribution < -0.4 is 10.6 Å². The monoisotopic (exact) mass is 278 g/mol. The molecule has 2 N–H and O–H groups in total. The fourth-order valence-electron chi connectivity index (χ4n) is 1.56. The largest absolute Gasteiger partial charge is 0.447 e. The summed E-state index contributed by atoms with van der Waals surface area (Å²) in [5, 5.41) is 5.96. The van der Waals surface area contributed by atoms with Gasteiger partial charge in [-0.25, -0.2) is 4.79 Å². The van der Waals surface area contributed by atoms with Gasteiger partial charge >= 0.3 is 6.09 Å². The van der Waals surface area contributed by atoms with Crippen molar-refractivity contribution in [3.8, 4) is 0 Å². The summed E-state index contributed by atoms with van der Waals surface area (Å²) in [7, 11) is 1.56. The lowest BCUT2D eigenvalue weighted by Gasteiger charge is -2.09. The van der Waals surface area contributed by atoms with Gasteiger partial charge in [0.2, 0.25) is 0 Å². The molecule has 0 bridgehead atoms. The maximum atomic E-state index is 11.5. The first kappa shape index (κ1) is 16.0. The highest BCUT2D eigenvalue weighted by atomic mass is 16.6. The van der Waals surface area contributed by atoms with Crippen LogP contribution in [0.4, 0.5) is 16.2 Å². The molecule has 110 valence electrons. The zero-order valence-corrected chi connectivity index (χ0v) is 11.9. The summed E-state index contributed by atoms with van der Waals surface area (Å²) in [6.07, 6.45) is 3.43. The van der Waals surface area contributed by atoms with Gasteiger partial charge in [0, 0.05) is 25.0 Å². The van der Waals surface area contributed by atoms with E-state index in [1.807, 2.05) is 30.3 Å². The number of methoxy groups -OCH3 is 1. The Morgan fingerprint density at radius 2 is 2.15 bits per heavy atom. The van der Waals surface area contributed by atoms with E-state index in [1.54, 1.807) is 7.11 Å². The highest BCUT2D eigenvalue weighted by molar-refractivity contribution is 5.85. The summed E-state index contributed by atoms with van der Waals surface area (Å²) in [6.45, 7) is 5.18. The van der Waals surface area contributed by atoms with E-state index in [0.29, 0.717) is 12.3 Å². The minimum atomic E-state index is -0.481. The molecule has 0 radical (unpaired) electrons. The van der Waals surface area contributed by atoms with Gasteiger partial charge in [0.1, 0.15) is 6.61 Å². The van der Waals surface area contributed by atoms with Crippen LogP contribution >= 0.6 is 0 Å². The Kier molecular flexibility index (Phi) is 7.91. The molecule has 0 aromatic heterocycles. The van der Waals surface area contributed by atoms with Gasteiger partial charge in [-0.3, -0.25) is 5.32 Å². The average molecular weight is 278 g/mol. The number of ether oxygens (including phenoxy) is 2. The first-order valence-electron chi connectivity index (χ1n) is 6.64. The van der Waals surface area contributed by atoms with Crippen molar-refractivity contribution in [2.75, 3.05) is 37.5 Å². The summed E-state index contributed by atoms with van der Waals surface area (Å²) in [5.41, 5.74) is 1.66. The Labute approximate surface area is 120 Å². The van der Waals surface area contributed by atoms with Gasteiger partial charge < -0.3 is 14.8 Å². The first-order valence-corrected chi connectivity index (χ1v) is 6.64. The Morgan fingerprint density at radius 1 is 1.35 bits per heavy atom. The molecule has 5 nitrogen and oxygen atoms in total. The van der Waals surface area contributed by atoms with Gasteiger partial charge in [0.15, 0.2) is 0 Å². The van der Waals surface area contributed by atoms with Crippen molar-refractivity contribution in [2.24, 2.45) is 0 Å². The maximum Gasteiger partial charge on any atom is 0.411 e. The summed E-state index contributed by atoms with van der Waals surface area (Å²) < 4.78 is 9.74. The SMILES string of the molecule is C=CCCCNc1cccc(NC(=O)OCCOC)c1. The molecule has 0 aliphatic heterocycles. The molecule has 0 heterocycles. The van der Waals surface area contributed by atoms with Gasteiger partial charge in [-0.15, -0.1) is 6.58 Å². The van der Waals surface area contributed by atoms with Gasteiger partial charge in [-0.05, 0) is 31.0 Å². The third kappa shape index (κ3) is 6.80. The molecule has 20 heavy (non-hydrogen) atoms. The highest BCUT2D eigenvalue weighted by Crippen LogP contribution is 2.15. The number of nitrogens with one attached hydrogen (secondary N) is 2. The second kappa shape index (κ2) is 9.86. The quantitative estimate of drug-likeness (QED) is 0.537. The minimum absolute atomic E-state index is 0.238. The first-order chi connectivity index (χ1) is 9.76. The Bertz CT molecular complexity index is 421. The predicted molar refractivity (Wildman–Crippen MR) is 81.2 cm³/mol. The smallest absolute Gasteiger partial charge is 0.411 e. The number of carbonyl (C=O) groups is 1. The number of allylic oxidation sites excluding steroid dienone is 1. The summed E-state index contributed by atoms with van der Waals surface area (Å²) in [6, 6.07) is 7.51. The van der Waals surface area contributed by atoms with Crippen molar-refractivity contribution < 1.29 is 14.3 Å². The van der Waals surface area contributed by atoms with Gasteiger partial charge in [0.25, 0.3) is 0 Å². The average Bonchev–Trinajstić information content (AvgIpc) is 2.44. The molecular formula is C15H22N2O3. The van der Waals surface area contributed by atoms with E-state index in [0.717, 1.165) is 25.1 Å². The number of unbranched alkanes of at least 4 members (excludes halogenated alkanes) is 1. The topological polar surface area (TPSA) is 59.6 Å². The molecule has 1 aromatic carbocycles. The molecular weight excluding hydrogens is 256 g/mol. The van der Waals surface area contributed by atoms with Crippen LogP contribution in [0.2, 0.25) is 0 Å². The lowest BCUT2D eigenvalue weighted by Crippen LogP contribution is -2.16. The normalized spacial score (nSPS) is 9.85. The second-order valence-corrected chi connectivity index (χ2v) is 4.19. The van der Waals surface area contributed by atoms with Gasteiger partial charge in [-0.2, -0.15) is 0 Å². The molecule has 0 saturated heterocycles. The summed E-state index contributed by atoms with van der Waals surface area (Å²) in [5.74, 6) is 0. The Morgan fingerprint density at radius 3 is 2.90 bits per heavy atom. The van der Waals surface area contributed by atoms with Crippen molar-refractivity contribution in [1.82, 2.24) is 0 Å². The lowest BCUT2D eigenvalue weighted by atomic mass is 10.2. The molecule has 0 aliphatic rings. The standard InChI is InChI=1S/C15H22N2O3/c1-3-4-5-9-16-13-7-6-8-14(12-13)17-15(18)20-11-10-19-2/h3,6-8,12,16H,1,4-5,9-11H2,2H3,(H,17,18). The number of anilines is 2. The third-order valence-corrected chi connectivity index (χ3v) is 2.54. The molecule has 1 amide bonds. The van der Waals surface area contributed by atoms with Gasteiger partial charge in [0.05, 0.1) is 6.61 Å². The number of amides is 1. The molecule has 5 heteroatoms. The van der Waals surface area contributed by atoms with Crippen LogP contribution in [0.3, 0.4) is 0 Å². The van der Waals surface area contributed by atoms with Crippen molar-refractivity contribution >= 4 is 17.5 Å². The molecule has 1 rings (SSSR count). The number of carbonyl (C=O) groups excluding carboxylic acids is 1. The van der Waals surface area contributed by atoms with E-state index >= 15 is 0 Å². The maximum absolute atomic E-state index is 11.5.